The summed E-state index contributed by atoms with van der Waals surface area (Å²) in [6.07, 6.45) is 5.42. The van der Waals surface area contributed by atoms with Gasteiger partial charge >= 0.3 is 0 Å². The molecule has 0 fully saturated rings. The summed E-state index contributed by atoms with van der Waals surface area (Å²) in [6.45, 7) is 3.02. The van der Waals surface area contributed by atoms with Crippen molar-refractivity contribution in [3.05, 3.63) is 52.3 Å². The Bertz CT molecular complexity index is 561. The van der Waals surface area contributed by atoms with Crippen molar-refractivity contribution in [2.24, 2.45) is 0 Å². The van der Waals surface area contributed by atoms with Gasteiger partial charge in [-0.3, -0.25) is 0 Å². The zero-order valence-corrected chi connectivity index (χ0v) is 13.8. The lowest BCUT2D eigenvalue weighted by atomic mass is 10.1. The molecule has 20 heavy (non-hydrogen) atoms. The number of methoxy groups -OCH3 is 1. The molecule has 0 aliphatic rings. The number of ether oxygens (including phenoxy) is 1. The average molecular weight is 337 g/mol. The summed E-state index contributed by atoms with van der Waals surface area (Å²) in [5.41, 5.74) is 2.54. The highest BCUT2D eigenvalue weighted by atomic mass is 79.9. The first-order valence-electron chi connectivity index (χ1n) is 6.83. The summed E-state index contributed by atoms with van der Waals surface area (Å²) >= 11 is 3.60. The number of nitrogens with zero attached hydrogens (tertiary/aromatic N) is 1. The Morgan fingerprint density at radius 2 is 2.15 bits per heavy atom. The highest BCUT2D eigenvalue weighted by Crippen LogP contribution is 2.24. The second-order valence-electron chi connectivity index (χ2n) is 4.82. The van der Waals surface area contributed by atoms with Crippen LogP contribution in [0.1, 0.15) is 30.5 Å². The maximum Gasteiger partial charge on any atom is 0.119 e. The molecule has 1 unspecified atom stereocenters. The molecule has 0 bridgehead atoms. The van der Waals surface area contributed by atoms with Gasteiger partial charge in [0.2, 0.25) is 0 Å². The van der Waals surface area contributed by atoms with E-state index in [1.165, 1.54) is 11.1 Å². The van der Waals surface area contributed by atoms with Crippen LogP contribution in [0.25, 0.3) is 0 Å². The van der Waals surface area contributed by atoms with Crippen molar-refractivity contribution in [1.82, 2.24) is 9.88 Å². The molecule has 0 aliphatic carbocycles. The summed E-state index contributed by atoms with van der Waals surface area (Å²) in [6, 6.07) is 8.66. The molecular formula is C16H21BrN2O. The fourth-order valence-corrected chi connectivity index (χ4v) is 2.74. The summed E-state index contributed by atoms with van der Waals surface area (Å²) in [5, 5.41) is 3.33. The van der Waals surface area contributed by atoms with Crippen molar-refractivity contribution in [2.75, 3.05) is 14.2 Å². The molecule has 3 nitrogen and oxygen atoms in total. The molecule has 108 valence electrons. The molecule has 1 aromatic carbocycles. The third-order valence-corrected chi connectivity index (χ3v) is 4.31. The number of hydrogen-bond donors (Lipinski definition) is 1. The van der Waals surface area contributed by atoms with Crippen LogP contribution in [0.4, 0.5) is 0 Å². The minimum atomic E-state index is 0.421. The number of nitrogens with one attached hydrogen (secondary N) is 1. The Morgan fingerprint density at radius 1 is 1.35 bits per heavy atom. The minimum Gasteiger partial charge on any atom is -0.497 e. The van der Waals surface area contributed by atoms with Crippen LogP contribution in [-0.2, 0) is 6.54 Å². The smallest absolute Gasteiger partial charge is 0.119 e. The van der Waals surface area contributed by atoms with E-state index >= 15 is 0 Å². The first-order valence-corrected chi connectivity index (χ1v) is 7.62. The quantitative estimate of drug-likeness (QED) is 0.863. The van der Waals surface area contributed by atoms with Gasteiger partial charge in [-0.15, -0.1) is 0 Å². The lowest BCUT2D eigenvalue weighted by Crippen LogP contribution is -2.14. The molecule has 0 aliphatic heterocycles. The predicted molar refractivity (Wildman–Crippen MR) is 86.3 cm³/mol. The van der Waals surface area contributed by atoms with Gasteiger partial charge in [0.1, 0.15) is 5.75 Å². The van der Waals surface area contributed by atoms with Crippen LogP contribution in [0.3, 0.4) is 0 Å². The number of hydrogen-bond acceptors (Lipinski definition) is 2. The summed E-state index contributed by atoms with van der Waals surface area (Å²) < 4.78 is 8.59. The average Bonchev–Trinajstić information content (AvgIpc) is 2.91. The minimum absolute atomic E-state index is 0.421. The van der Waals surface area contributed by atoms with Crippen LogP contribution in [0.2, 0.25) is 0 Å². The van der Waals surface area contributed by atoms with Gasteiger partial charge in [0, 0.05) is 29.5 Å². The van der Waals surface area contributed by atoms with Crippen LogP contribution in [0, 0.1) is 0 Å². The van der Waals surface area contributed by atoms with E-state index < -0.39 is 0 Å². The zero-order chi connectivity index (χ0) is 14.5. The van der Waals surface area contributed by atoms with Gasteiger partial charge in [0.05, 0.1) is 7.11 Å². The third kappa shape index (κ3) is 3.44. The van der Waals surface area contributed by atoms with E-state index in [4.69, 9.17) is 4.74 Å². The lowest BCUT2D eigenvalue weighted by molar-refractivity contribution is 0.414. The van der Waals surface area contributed by atoms with Crippen LogP contribution in [-0.4, -0.2) is 18.7 Å². The Hall–Kier alpha value is -1.26. The molecular weight excluding hydrogens is 316 g/mol. The van der Waals surface area contributed by atoms with E-state index in [0.29, 0.717) is 6.04 Å². The molecule has 1 aromatic heterocycles. The number of halogens is 1. The van der Waals surface area contributed by atoms with Gasteiger partial charge < -0.3 is 14.6 Å². The van der Waals surface area contributed by atoms with Crippen LogP contribution >= 0.6 is 15.9 Å². The topological polar surface area (TPSA) is 26.2 Å². The number of rotatable bonds is 6. The standard InChI is InChI=1S/C16H21BrN2O/c1-4-16(18-2)12-7-8-19(10-12)11-13-9-14(20-3)5-6-15(13)17/h5-10,16,18H,4,11H2,1-3H3. The highest BCUT2D eigenvalue weighted by Gasteiger charge is 2.09. The SMILES string of the molecule is CCC(NC)c1ccn(Cc2cc(OC)ccc2Br)c1. The van der Waals surface area contributed by atoms with Crippen molar-refractivity contribution < 1.29 is 4.74 Å². The molecule has 1 N–H and O–H groups in total. The van der Waals surface area contributed by atoms with Crippen molar-refractivity contribution >= 4 is 15.9 Å². The summed E-state index contributed by atoms with van der Waals surface area (Å²) in [4.78, 5) is 0. The van der Waals surface area contributed by atoms with Crippen molar-refractivity contribution in [2.45, 2.75) is 25.9 Å². The monoisotopic (exact) mass is 336 g/mol. The van der Waals surface area contributed by atoms with Crippen molar-refractivity contribution in [1.29, 1.82) is 0 Å². The Kier molecular flexibility index (Phi) is 5.26. The van der Waals surface area contributed by atoms with E-state index in [2.05, 4.69) is 57.3 Å². The highest BCUT2D eigenvalue weighted by molar-refractivity contribution is 9.10. The van der Waals surface area contributed by atoms with Gasteiger partial charge in [-0.2, -0.15) is 0 Å². The van der Waals surface area contributed by atoms with Gasteiger partial charge in [0.15, 0.2) is 0 Å². The second-order valence-corrected chi connectivity index (χ2v) is 5.68. The lowest BCUT2D eigenvalue weighted by Gasteiger charge is -2.12. The largest absolute Gasteiger partial charge is 0.497 e. The summed E-state index contributed by atoms with van der Waals surface area (Å²) in [7, 11) is 3.70. The molecule has 0 radical (unpaired) electrons. The van der Waals surface area contributed by atoms with Crippen molar-refractivity contribution in [3.8, 4) is 5.75 Å². The molecule has 2 rings (SSSR count). The van der Waals surface area contributed by atoms with E-state index in [0.717, 1.165) is 23.2 Å². The maximum atomic E-state index is 5.29. The van der Waals surface area contributed by atoms with Gasteiger partial charge in [-0.25, -0.2) is 0 Å². The van der Waals surface area contributed by atoms with Crippen LogP contribution in [0.5, 0.6) is 5.75 Å². The third-order valence-electron chi connectivity index (χ3n) is 3.54. The Balaban J connectivity index is 2.18. The van der Waals surface area contributed by atoms with E-state index in [1.807, 2.05) is 19.2 Å². The molecule has 0 saturated heterocycles. The fourth-order valence-electron chi connectivity index (χ4n) is 2.37. The first-order chi connectivity index (χ1) is 9.67. The molecule has 0 spiro atoms. The zero-order valence-electron chi connectivity index (χ0n) is 12.2. The Labute approximate surface area is 129 Å². The van der Waals surface area contributed by atoms with Gasteiger partial charge in [0.25, 0.3) is 0 Å². The Morgan fingerprint density at radius 3 is 2.80 bits per heavy atom. The molecule has 1 atom stereocenters. The van der Waals surface area contributed by atoms with Gasteiger partial charge in [-0.05, 0) is 48.9 Å². The molecule has 0 amide bonds. The molecule has 1 heterocycles. The van der Waals surface area contributed by atoms with Crippen LogP contribution in [0.15, 0.2) is 41.1 Å². The first kappa shape index (κ1) is 15.1. The summed E-state index contributed by atoms with van der Waals surface area (Å²) in [5.74, 6) is 0.886. The van der Waals surface area contributed by atoms with Gasteiger partial charge in [-0.1, -0.05) is 22.9 Å². The number of aromatic nitrogens is 1. The van der Waals surface area contributed by atoms with Crippen LogP contribution < -0.4 is 10.1 Å². The molecule has 4 heteroatoms. The number of benzene rings is 1. The maximum absolute atomic E-state index is 5.29. The van der Waals surface area contributed by atoms with E-state index in [1.54, 1.807) is 7.11 Å². The normalized spacial score (nSPS) is 12.4. The van der Waals surface area contributed by atoms with E-state index in [9.17, 15) is 0 Å². The fraction of sp³-hybridized carbons (Fsp3) is 0.375. The molecule has 0 saturated carbocycles. The van der Waals surface area contributed by atoms with Crippen molar-refractivity contribution in [3.63, 3.8) is 0 Å². The second kappa shape index (κ2) is 6.95. The molecule has 2 aromatic rings. The predicted octanol–water partition coefficient (Wildman–Crippen LogP) is 3.98. The van der Waals surface area contributed by atoms with E-state index in [-0.39, 0.29) is 0 Å².